The average molecular weight is 439 g/mol. The quantitative estimate of drug-likeness (QED) is 0.399. The molecule has 1 aliphatic rings. The topological polar surface area (TPSA) is 35.5 Å². The van der Waals surface area contributed by atoms with Crippen LogP contribution in [-0.4, -0.2) is 5.78 Å². The summed E-state index contributed by atoms with van der Waals surface area (Å²) in [7, 11) is 0. The standard InChI is InChI=1S/C25H20Cl2O3/c1-3-16-4-6-17(7-5-16)12-23-24(28)20-10-11-22(15(2)25(20)30-23)29-14-18-8-9-19(26)13-21(18)27/h4-13H,3,14H2,1-2H3/b23-12-. The number of rotatable bonds is 5. The van der Waals surface area contributed by atoms with E-state index >= 15 is 0 Å². The second-order valence-corrected chi connectivity index (χ2v) is 7.97. The monoisotopic (exact) mass is 438 g/mol. The van der Waals surface area contributed by atoms with E-state index < -0.39 is 0 Å². The van der Waals surface area contributed by atoms with Crippen LogP contribution in [0, 0.1) is 6.92 Å². The van der Waals surface area contributed by atoms with Crippen molar-refractivity contribution >= 4 is 35.1 Å². The molecule has 0 amide bonds. The van der Waals surface area contributed by atoms with Gasteiger partial charge < -0.3 is 9.47 Å². The van der Waals surface area contributed by atoms with Gasteiger partial charge in [-0.1, -0.05) is 60.5 Å². The highest BCUT2D eigenvalue weighted by molar-refractivity contribution is 6.35. The molecule has 0 aromatic heterocycles. The molecule has 3 nitrogen and oxygen atoms in total. The minimum Gasteiger partial charge on any atom is -0.488 e. The molecule has 0 saturated heterocycles. The van der Waals surface area contributed by atoms with Crippen LogP contribution < -0.4 is 9.47 Å². The Morgan fingerprint density at radius 1 is 1.03 bits per heavy atom. The number of fused-ring (bicyclic) bond motifs is 1. The SMILES string of the molecule is CCc1ccc(/C=C2\Oc3c(ccc(OCc4ccc(Cl)cc4Cl)c3C)C2=O)cc1. The molecule has 152 valence electrons. The zero-order chi connectivity index (χ0) is 21.3. The molecule has 4 rings (SSSR count). The summed E-state index contributed by atoms with van der Waals surface area (Å²) >= 11 is 12.2. The first-order valence-corrected chi connectivity index (χ1v) is 10.5. The van der Waals surface area contributed by atoms with Crippen molar-refractivity contribution in [2.24, 2.45) is 0 Å². The highest BCUT2D eigenvalue weighted by Crippen LogP contribution is 2.39. The van der Waals surface area contributed by atoms with Gasteiger partial charge in [-0.2, -0.15) is 0 Å². The molecule has 0 bridgehead atoms. The number of Topliss-reactive ketones (excluding diaryl/α,β-unsaturated/α-hetero) is 1. The van der Waals surface area contributed by atoms with Crippen molar-refractivity contribution in [1.29, 1.82) is 0 Å². The second kappa shape index (κ2) is 8.55. The fraction of sp³-hybridized carbons (Fsp3) is 0.160. The van der Waals surface area contributed by atoms with Crippen molar-refractivity contribution in [1.82, 2.24) is 0 Å². The number of ether oxygens (including phenoxy) is 2. The molecular weight excluding hydrogens is 419 g/mol. The first kappa shape index (κ1) is 20.5. The van der Waals surface area contributed by atoms with Gasteiger partial charge in [0.1, 0.15) is 18.1 Å². The molecule has 0 N–H and O–H groups in total. The largest absolute Gasteiger partial charge is 0.488 e. The number of benzene rings is 3. The highest BCUT2D eigenvalue weighted by atomic mass is 35.5. The lowest BCUT2D eigenvalue weighted by atomic mass is 10.0. The predicted molar refractivity (Wildman–Crippen MR) is 121 cm³/mol. The molecule has 0 unspecified atom stereocenters. The maximum Gasteiger partial charge on any atom is 0.231 e. The van der Waals surface area contributed by atoms with Crippen molar-refractivity contribution in [3.05, 3.63) is 98.2 Å². The van der Waals surface area contributed by atoms with Crippen molar-refractivity contribution < 1.29 is 14.3 Å². The molecule has 0 saturated carbocycles. The lowest BCUT2D eigenvalue weighted by Crippen LogP contribution is -1.99. The summed E-state index contributed by atoms with van der Waals surface area (Å²) in [6.07, 6.45) is 2.75. The number of hydrogen-bond donors (Lipinski definition) is 0. The van der Waals surface area contributed by atoms with Gasteiger partial charge in [-0.25, -0.2) is 0 Å². The number of halogens is 2. The third kappa shape index (κ3) is 4.09. The van der Waals surface area contributed by atoms with Gasteiger partial charge in [-0.05, 0) is 54.8 Å². The van der Waals surface area contributed by atoms with Crippen LogP contribution in [0.2, 0.25) is 10.0 Å². The lowest BCUT2D eigenvalue weighted by Gasteiger charge is -2.12. The van der Waals surface area contributed by atoms with E-state index in [9.17, 15) is 4.79 Å². The third-order valence-corrected chi connectivity index (χ3v) is 5.71. The van der Waals surface area contributed by atoms with E-state index in [0.29, 0.717) is 32.9 Å². The number of aryl methyl sites for hydroxylation is 1. The minimum absolute atomic E-state index is 0.125. The summed E-state index contributed by atoms with van der Waals surface area (Å²) in [6.45, 7) is 4.27. The summed E-state index contributed by atoms with van der Waals surface area (Å²) < 4.78 is 11.9. The Labute approximate surface area is 185 Å². The Morgan fingerprint density at radius 2 is 1.80 bits per heavy atom. The normalized spacial score (nSPS) is 14.0. The number of ketones is 1. The molecule has 0 fully saturated rings. The fourth-order valence-corrected chi connectivity index (χ4v) is 3.78. The van der Waals surface area contributed by atoms with Crippen LogP contribution in [0.5, 0.6) is 11.5 Å². The van der Waals surface area contributed by atoms with Crippen LogP contribution in [-0.2, 0) is 13.0 Å². The van der Waals surface area contributed by atoms with Crippen LogP contribution in [0.3, 0.4) is 0 Å². The number of hydrogen-bond acceptors (Lipinski definition) is 3. The number of carbonyl (C=O) groups is 1. The average Bonchev–Trinajstić information content (AvgIpc) is 3.05. The summed E-state index contributed by atoms with van der Waals surface area (Å²) in [5, 5.41) is 1.13. The minimum atomic E-state index is -0.125. The van der Waals surface area contributed by atoms with Gasteiger partial charge in [0.25, 0.3) is 0 Å². The van der Waals surface area contributed by atoms with Crippen molar-refractivity contribution in [3.63, 3.8) is 0 Å². The van der Waals surface area contributed by atoms with Gasteiger partial charge >= 0.3 is 0 Å². The summed E-state index contributed by atoms with van der Waals surface area (Å²) in [6, 6.07) is 16.9. The third-order valence-electron chi connectivity index (χ3n) is 5.12. The zero-order valence-electron chi connectivity index (χ0n) is 16.7. The van der Waals surface area contributed by atoms with E-state index in [1.54, 1.807) is 30.3 Å². The summed E-state index contributed by atoms with van der Waals surface area (Å²) in [4.78, 5) is 12.8. The summed E-state index contributed by atoms with van der Waals surface area (Å²) in [5.74, 6) is 1.37. The molecule has 5 heteroatoms. The molecule has 1 heterocycles. The molecule has 30 heavy (non-hydrogen) atoms. The van der Waals surface area contributed by atoms with Gasteiger partial charge in [0.2, 0.25) is 5.78 Å². The maximum absolute atomic E-state index is 12.8. The van der Waals surface area contributed by atoms with Crippen molar-refractivity contribution in [3.8, 4) is 11.5 Å². The predicted octanol–water partition coefficient (Wildman–Crippen LogP) is 7.06. The number of allylic oxidation sites excluding steroid dienone is 1. The van der Waals surface area contributed by atoms with E-state index in [-0.39, 0.29) is 12.4 Å². The molecule has 0 radical (unpaired) electrons. The van der Waals surface area contributed by atoms with Gasteiger partial charge in [-0.3, -0.25) is 4.79 Å². The smallest absolute Gasteiger partial charge is 0.231 e. The lowest BCUT2D eigenvalue weighted by molar-refractivity contribution is 0.101. The first-order chi connectivity index (χ1) is 14.5. The first-order valence-electron chi connectivity index (χ1n) is 9.69. The Balaban J connectivity index is 1.55. The van der Waals surface area contributed by atoms with Gasteiger partial charge in [0.05, 0.1) is 5.56 Å². The Morgan fingerprint density at radius 3 is 2.50 bits per heavy atom. The Kier molecular flexibility index (Phi) is 5.85. The van der Waals surface area contributed by atoms with Crippen LogP contribution in [0.4, 0.5) is 0 Å². The molecular formula is C25H20Cl2O3. The van der Waals surface area contributed by atoms with E-state index in [1.165, 1.54) is 5.56 Å². The Hall–Kier alpha value is -2.75. The highest BCUT2D eigenvalue weighted by Gasteiger charge is 2.30. The van der Waals surface area contributed by atoms with E-state index in [4.69, 9.17) is 32.7 Å². The number of carbonyl (C=O) groups excluding carboxylic acids is 1. The van der Waals surface area contributed by atoms with Gasteiger partial charge in [0, 0.05) is 21.2 Å². The van der Waals surface area contributed by atoms with E-state index in [1.807, 2.05) is 25.1 Å². The van der Waals surface area contributed by atoms with Gasteiger partial charge in [0.15, 0.2) is 5.76 Å². The van der Waals surface area contributed by atoms with Gasteiger partial charge in [-0.15, -0.1) is 0 Å². The second-order valence-electron chi connectivity index (χ2n) is 7.12. The fourth-order valence-electron chi connectivity index (χ4n) is 3.32. The van der Waals surface area contributed by atoms with Crippen LogP contribution >= 0.6 is 23.2 Å². The van der Waals surface area contributed by atoms with E-state index in [0.717, 1.165) is 23.1 Å². The van der Waals surface area contributed by atoms with Crippen LogP contribution in [0.25, 0.3) is 6.08 Å². The van der Waals surface area contributed by atoms with Crippen molar-refractivity contribution in [2.75, 3.05) is 0 Å². The summed E-state index contributed by atoms with van der Waals surface area (Å²) in [5.41, 5.74) is 4.32. The molecule has 1 aliphatic heterocycles. The molecule has 3 aromatic rings. The van der Waals surface area contributed by atoms with Crippen molar-refractivity contribution in [2.45, 2.75) is 26.9 Å². The van der Waals surface area contributed by atoms with Crippen LogP contribution in [0.1, 0.15) is 39.5 Å². The Bertz CT molecular complexity index is 1150. The molecule has 3 aromatic carbocycles. The van der Waals surface area contributed by atoms with Crippen LogP contribution in [0.15, 0.2) is 60.4 Å². The van der Waals surface area contributed by atoms with E-state index in [2.05, 4.69) is 19.1 Å². The molecule has 0 spiro atoms. The zero-order valence-corrected chi connectivity index (χ0v) is 18.2. The molecule has 0 atom stereocenters. The maximum atomic E-state index is 12.8. The molecule has 0 aliphatic carbocycles.